The summed E-state index contributed by atoms with van der Waals surface area (Å²) in [5.74, 6) is -2.59. The van der Waals surface area contributed by atoms with Crippen LogP contribution in [0.4, 0.5) is 23.4 Å². The smallest absolute Gasteiger partial charge is 0.319 e. The van der Waals surface area contributed by atoms with E-state index in [4.69, 9.17) is 14.3 Å². The van der Waals surface area contributed by atoms with Gasteiger partial charge in [0.15, 0.2) is 17.5 Å². The number of nitrogens with zero attached hydrogens (tertiary/aromatic N) is 5. The Balaban J connectivity index is 1.40. The highest BCUT2D eigenvalue weighted by Gasteiger charge is 2.50. The van der Waals surface area contributed by atoms with Crippen LogP contribution >= 0.6 is 0 Å². The number of fused-ring (bicyclic) bond motifs is 3. The fourth-order valence-electron chi connectivity index (χ4n) is 9.73. The minimum atomic E-state index is -3.90. The number of nitrogens with two attached hydrogens (primary N) is 1. The lowest BCUT2D eigenvalue weighted by atomic mass is 9.95. The molecule has 3 aliphatic rings. The molecule has 2 aromatic carbocycles. The zero-order chi connectivity index (χ0) is 39.6. The number of ether oxygens (including phenoxy) is 1. The molecule has 4 aromatic rings. The highest BCUT2D eigenvalue weighted by Crippen LogP contribution is 2.46. The Bertz CT molecular complexity index is 2210. The summed E-state index contributed by atoms with van der Waals surface area (Å²) in [6, 6.07) is 5.48. The van der Waals surface area contributed by atoms with Crippen molar-refractivity contribution in [2.75, 3.05) is 37.7 Å². The van der Waals surface area contributed by atoms with Crippen LogP contribution in [0.1, 0.15) is 73.6 Å². The maximum atomic E-state index is 17.3. The van der Waals surface area contributed by atoms with Crippen molar-refractivity contribution in [3.8, 4) is 23.0 Å². The summed E-state index contributed by atoms with van der Waals surface area (Å²) in [6.45, 7) is 14.3. The summed E-state index contributed by atoms with van der Waals surface area (Å²) >= 11 is 0. The molecule has 7 rings (SSSR count). The van der Waals surface area contributed by atoms with Gasteiger partial charge in [0.25, 0.3) is 8.32 Å². The van der Waals surface area contributed by atoms with Crippen LogP contribution in [0.3, 0.4) is 0 Å². The van der Waals surface area contributed by atoms with E-state index >= 15 is 8.78 Å². The number of piperidine rings is 1. The Morgan fingerprint density at radius 3 is 2.40 bits per heavy atom. The van der Waals surface area contributed by atoms with Gasteiger partial charge >= 0.3 is 6.01 Å². The third-order valence-electron chi connectivity index (χ3n) is 12.3. The maximum Gasteiger partial charge on any atom is 0.319 e. The van der Waals surface area contributed by atoms with E-state index in [-0.39, 0.29) is 69.2 Å². The Hall–Kier alpha value is -3.60. The molecule has 2 aromatic heterocycles. The van der Waals surface area contributed by atoms with Gasteiger partial charge in [-0.15, -0.1) is 0 Å². The normalized spacial score (nSPS) is 22.5. The molecule has 2 N–H and O–H groups in total. The van der Waals surface area contributed by atoms with E-state index in [1.807, 2.05) is 0 Å². The molecule has 5 heterocycles. The van der Waals surface area contributed by atoms with E-state index in [0.717, 1.165) is 25.5 Å². The monoisotopic (exact) mass is 802 g/mol. The van der Waals surface area contributed by atoms with E-state index in [9.17, 15) is 17.2 Å². The Kier molecular flexibility index (Phi) is 10.6. The number of benzene rings is 2. The first-order valence-corrected chi connectivity index (χ1v) is 23.0. The average Bonchev–Trinajstić information content (AvgIpc) is 3.66. The number of hydrogen-bond acceptors (Lipinski definition) is 9. The molecule has 55 heavy (non-hydrogen) atoms. The molecule has 298 valence electrons. The molecule has 10 nitrogen and oxygen atoms in total. The van der Waals surface area contributed by atoms with Gasteiger partial charge in [-0.2, -0.15) is 9.97 Å². The van der Waals surface area contributed by atoms with Gasteiger partial charge in [0.05, 0.1) is 16.2 Å². The predicted molar refractivity (Wildman–Crippen MR) is 209 cm³/mol. The summed E-state index contributed by atoms with van der Waals surface area (Å²) in [4.78, 5) is 17.5. The molecular formula is C39H50F4N6O4SSi. The molecule has 3 fully saturated rings. The molecule has 0 bridgehead atoms. The van der Waals surface area contributed by atoms with Crippen molar-refractivity contribution in [2.24, 2.45) is 5.14 Å². The molecule has 0 aliphatic carbocycles. The van der Waals surface area contributed by atoms with Crippen molar-refractivity contribution in [2.45, 2.75) is 107 Å². The van der Waals surface area contributed by atoms with Crippen LogP contribution in [-0.2, 0) is 10.0 Å². The first-order valence-electron chi connectivity index (χ1n) is 19.2. The average molecular weight is 803 g/mol. The van der Waals surface area contributed by atoms with Gasteiger partial charge in [-0.05, 0) is 72.4 Å². The van der Waals surface area contributed by atoms with Crippen molar-refractivity contribution < 1.29 is 35.1 Å². The van der Waals surface area contributed by atoms with Crippen molar-refractivity contribution in [3.05, 3.63) is 47.9 Å². The second-order valence-corrected chi connectivity index (χ2v) is 23.7. The van der Waals surface area contributed by atoms with Gasteiger partial charge in [-0.1, -0.05) is 47.6 Å². The van der Waals surface area contributed by atoms with Crippen molar-refractivity contribution in [1.82, 2.24) is 19.9 Å². The molecule has 0 amide bonds. The molecule has 3 aliphatic heterocycles. The van der Waals surface area contributed by atoms with Crippen LogP contribution in [0.25, 0.3) is 32.9 Å². The minimum absolute atomic E-state index is 0.00327. The van der Waals surface area contributed by atoms with Crippen LogP contribution in [0.15, 0.2) is 30.5 Å². The molecule has 0 spiro atoms. The molecule has 16 heteroatoms. The van der Waals surface area contributed by atoms with E-state index < -0.39 is 52.8 Å². The van der Waals surface area contributed by atoms with Gasteiger partial charge in [0.2, 0.25) is 10.0 Å². The Morgan fingerprint density at radius 1 is 0.982 bits per heavy atom. The predicted octanol–water partition coefficient (Wildman–Crippen LogP) is 8.03. The van der Waals surface area contributed by atoms with Crippen LogP contribution in [0, 0.1) is 17.5 Å². The third kappa shape index (κ3) is 7.05. The van der Waals surface area contributed by atoms with E-state index in [1.165, 1.54) is 18.3 Å². The summed E-state index contributed by atoms with van der Waals surface area (Å²) < 4.78 is 101. The van der Waals surface area contributed by atoms with Gasteiger partial charge < -0.3 is 14.1 Å². The first-order chi connectivity index (χ1) is 25.9. The highest BCUT2D eigenvalue weighted by atomic mass is 32.2. The number of alkyl halides is 1. The van der Waals surface area contributed by atoms with E-state index in [2.05, 4.69) is 61.4 Å². The molecule has 0 saturated carbocycles. The van der Waals surface area contributed by atoms with Gasteiger partial charge in [-0.25, -0.2) is 31.1 Å². The summed E-state index contributed by atoms with van der Waals surface area (Å²) in [5.41, 5.74) is -0.471. The second kappa shape index (κ2) is 14.7. The lowest BCUT2D eigenvalue weighted by Gasteiger charge is -2.42. The third-order valence-corrected chi connectivity index (χ3v) is 19.6. The van der Waals surface area contributed by atoms with E-state index in [1.54, 1.807) is 11.0 Å². The van der Waals surface area contributed by atoms with Gasteiger partial charge in [0.1, 0.15) is 35.6 Å². The number of primary sulfonamides is 1. The van der Waals surface area contributed by atoms with Gasteiger partial charge in [0, 0.05) is 43.2 Å². The maximum absolute atomic E-state index is 17.3. The van der Waals surface area contributed by atoms with Crippen molar-refractivity contribution >= 4 is 45.8 Å². The number of sulfonamides is 1. The number of rotatable bonds is 11. The highest BCUT2D eigenvalue weighted by molar-refractivity contribution is 7.89. The van der Waals surface area contributed by atoms with Crippen LogP contribution in [0.5, 0.6) is 11.8 Å². The largest absolute Gasteiger partial charge is 0.543 e. The molecular weight excluding hydrogens is 753 g/mol. The number of anilines is 1. The van der Waals surface area contributed by atoms with Crippen molar-refractivity contribution in [3.63, 3.8) is 0 Å². The number of hydrogen-bond donors (Lipinski definition) is 1. The Labute approximate surface area is 321 Å². The molecule has 0 radical (unpaired) electrons. The summed E-state index contributed by atoms with van der Waals surface area (Å²) in [5, 5.41) is 4.99. The first kappa shape index (κ1) is 39.6. The van der Waals surface area contributed by atoms with Crippen molar-refractivity contribution in [1.29, 1.82) is 0 Å². The quantitative estimate of drug-likeness (QED) is 0.119. The molecule has 0 unspecified atom stereocenters. The topological polar surface area (TPSA) is 124 Å². The van der Waals surface area contributed by atoms with Crippen LogP contribution in [0.2, 0.25) is 16.6 Å². The van der Waals surface area contributed by atoms with E-state index in [0.29, 0.717) is 43.5 Å². The second-order valence-electron chi connectivity index (χ2n) is 16.5. The zero-order valence-electron chi connectivity index (χ0n) is 32.2. The van der Waals surface area contributed by atoms with Crippen LogP contribution in [-0.4, -0.2) is 86.3 Å². The minimum Gasteiger partial charge on any atom is -0.543 e. The molecule has 3 saturated heterocycles. The fraction of sp³-hybridized carbons (Fsp3) is 0.564. The number of aromatic nitrogens is 3. The summed E-state index contributed by atoms with van der Waals surface area (Å²) in [6.07, 6.45) is 3.09. The fourth-order valence-corrected chi connectivity index (χ4v) is 15.8. The molecule has 3 atom stereocenters. The SMILES string of the molecule is CC(C)[Si](Oc1cc(-c2ncc3c(N4CCC[C@@H](S(N)(=O)=O)C4)nc(OC[C@@]45CCCN4C[C@H](F)C5)nc3c2F)c2c(F)c(F)ccc2c1)(C(C)C)C(C)C. The lowest BCUT2D eigenvalue weighted by Crippen LogP contribution is -2.50. The standard InChI is InChI=1S/C39H50F4N6O4SSi/c1-22(2)55(23(3)4,24(5)6)53-27-15-25-10-11-31(41)33(42)32(25)29(16-27)35-34(43)36-30(18-45-35)37(48-13-7-9-28(20-48)54(44,50)51)47-38(46-36)52-21-39-12-8-14-49(39)19-26(40)17-39/h10-11,15-16,18,22-24,26,28H,7-9,12-14,17,19-21H2,1-6H3,(H2,44,50,51)/t26-,28-,39+/m1/s1. The Morgan fingerprint density at radius 2 is 1.71 bits per heavy atom. The number of halogens is 4. The number of pyridine rings is 1. The van der Waals surface area contributed by atoms with Crippen LogP contribution < -0.4 is 19.2 Å². The van der Waals surface area contributed by atoms with Gasteiger partial charge in [-0.3, -0.25) is 9.88 Å². The summed E-state index contributed by atoms with van der Waals surface area (Å²) in [7, 11) is -6.46. The zero-order valence-corrected chi connectivity index (χ0v) is 34.0. The lowest BCUT2D eigenvalue weighted by molar-refractivity contribution is 0.107.